The molecular formula is C20H22ClN3O2. The van der Waals surface area contributed by atoms with Crippen molar-refractivity contribution in [2.45, 2.75) is 19.9 Å². The number of halogens is 1. The van der Waals surface area contributed by atoms with Gasteiger partial charge in [0.15, 0.2) is 0 Å². The monoisotopic (exact) mass is 371 g/mol. The molecule has 0 spiro atoms. The highest BCUT2D eigenvalue weighted by Crippen LogP contribution is 2.24. The van der Waals surface area contributed by atoms with Gasteiger partial charge in [-0.25, -0.2) is 4.98 Å². The molecule has 3 rings (SSSR count). The largest absolute Gasteiger partial charge is 0.383 e. The number of nitrogens with zero attached hydrogens (tertiary/aromatic N) is 2. The van der Waals surface area contributed by atoms with Crippen molar-refractivity contribution in [3.63, 3.8) is 0 Å². The van der Waals surface area contributed by atoms with Crippen LogP contribution in [-0.2, 0) is 4.74 Å². The van der Waals surface area contributed by atoms with Crippen molar-refractivity contribution >= 4 is 22.5 Å². The van der Waals surface area contributed by atoms with Crippen LogP contribution >= 0.6 is 11.6 Å². The number of aromatic nitrogens is 2. The second-order valence-electron chi connectivity index (χ2n) is 6.18. The van der Waals surface area contributed by atoms with Gasteiger partial charge in [0.1, 0.15) is 5.82 Å². The standard InChI is InChI=1S/C20H22ClN3O2/c1-13-16(21)8-6-10-18(13)24-19(14(2)22-11-12-26-3)23-17-9-5-4-7-15(17)20(24)25/h4-10,14,22H,11-12H2,1-3H3/t14-/m0/s1. The molecule has 136 valence electrons. The lowest BCUT2D eigenvalue weighted by molar-refractivity contribution is 0.196. The summed E-state index contributed by atoms with van der Waals surface area (Å²) in [5.74, 6) is 0.648. The van der Waals surface area contributed by atoms with E-state index in [0.29, 0.717) is 34.9 Å². The molecule has 0 saturated heterocycles. The first-order valence-electron chi connectivity index (χ1n) is 8.54. The highest BCUT2D eigenvalue weighted by Gasteiger charge is 2.19. The van der Waals surface area contributed by atoms with Gasteiger partial charge in [0, 0.05) is 18.7 Å². The molecule has 0 fully saturated rings. The predicted molar refractivity (Wildman–Crippen MR) is 105 cm³/mol. The highest BCUT2D eigenvalue weighted by molar-refractivity contribution is 6.31. The topological polar surface area (TPSA) is 56.1 Å². The molecule has 0 bridgehead atoms. The predicted octanol–water partition coefficient (Wildman–Crippen LogP) is 3.64. The Morgan fingerprint density at radius 1 is 1.23 bits per heavy atom. The lowest BCUT2D eigenvalue weighted by Crippen LogP contribution is -2.31. The van der Waals surface area contributed by atoms with Crippen LogP contribution in [0, 0.1) is 6.92 Å². The van der Waals surface area contributed by atoms with E-state index < -0.39 is 0 Å². The molecule has 26 heavy (non-hydrogen) atoms. The van der Waals surface area contributed by atoms with Crippen molar-refractivity contribution in [1.82, 2.24) is 14.9 Å². The minimum absolute atomic E-state index is 0.101. The summed E-state index contributed by atoms with van der Waals surface area (Å²) in [4.78, 5) is 18.1. The molecule has 1 atom stereocenters. The Morgan fingerprint density at radius 2 is 2.00 bits per heavy atom. The third-order valence-electron chi connectivity index (χ3n) is 4.43. The number of hydrogen-bond donors (Lipinski definition) is 1. The van der Waals surface area contributed by atoms with Crippen molar-refractivity contribution in [3.8, 4) is 5.69 Å². The molecule has 1 N–H and O–H groups in total. The van der Waals surface area contributed by atoms with Crippen LogP contribution in [0.4, 0.5) is 0 Å². The van der Waals surface area contributed by atoms with Crippen molar-refractivity contribution < 1.29 is 4.74 Å². The summed E-state index contributed by atoms with van der Waals surface area (Å²) in [6.45, 7) is 5.14. The zero-order valence-electron chi connectivity index (χ0n) is 15.1. The summed E-state index contributed by atoms with van der Waals surface area (Å²) < 4.78 is 6.76. The molecule has 1 aromatic heterocycles. The van der Waals surface area contributed by atoms with Gasteiger partial charge < -0.3 is 10.1 Å². The first-order valence-corrected chi connectivity index (χ1v) is 8.92. The van der Waals surface area contributed by atoms with Crippen LogP contribution in [0.2, 0.25) is 5.02 Å². The van der Waals surface area contributed by atoms with Crippen molar-refractivity contribution in [1.29, 1.82) is 0 Å². The fourth-order valence-corrected chi connectivity index (χ4v) is 3.15. The minimum Gasteiger partial charge on any atom is -0.383 e. The molecule has 0 saturated carbocycles. The van der Waals surface area contributed by atoms with Crippen LogP contribution in [0.3, 0.4) is 0 Å². The molecule has 2 aromatic carbocycles. The summed E-state index contributed by atoms with van der Waals surface area (Å²) in [5.41, 5.74) is 2.18. The van der Waals surface area contributed by atoms with E-state index in [2.05, 4.69) is 5.32 Å². The maximum absolute atomic E-state index is 13.3. The van der Waals surface area contributed by atoms with Crippen LogP contribution in [0.25, 0.3) is 16.6 Å². The number of methoxy groups -OCH3 is 1. The van der Waals surface area contributed by atoms with E-state index in [1.807, 2.05) is 50.2 Å². The molecule has 6 heteroatoms. The summed E-state index contributed by atoms with van der Waals surface area (Å²) in [6, 6.07) is 12.8. The summed E-state index contributed by atoms with van der Waals surface area (Å²) in [5, 5.41) is 4.56. The van der Waals surface area contributed by atoms with Gasteiger partial charge in [0.25, 0.3) is 5.56 Å². The van der Waals surface area contributed by atoms with Crippen LogP contribution < -0.4 is 10.9 Å². The van der Waals surface area contributed by atoms with Gasteiger partial charge in [-0.3, -0.25) is 9.36 Å². The molecule has 0 aliphatic rings. The van der Waals surface area contributed by atoms with E-state index in [1.54, 1.807) is 17.7 Å². The molecule has 0 radical (unpaired) electrons. The molecule has 0 amide bonds. The van der Waals surface area contributed by atoms with Gasteiger partial charge in [-0.05, 0) is 43.7 Å². The van der Waals surface area contributed by atoms with E-state index in [1.165, 1.54) is 0 Å². The second kappa shape index (κ2) is 7.99. The number of hydrogen-bond acceptors (Lipinski definition) is 4. The zero-order valence-corrected chi connectivity index (χ0v) is 15.9. The number of benzene rings is 2. The van der Waals surface area contributed by atoms with Gasteiger partial charge >= 0.3 is 0 Å². The number of para-hydroxylation sites is 1. The first kappa shape index (κ1) is 18.6. The quantitative estimate of drug-likeness (QED) is 0.672. The number of ether oxygens (including phenoxy) is 1. The van der Waals surface area contributed by atoms with E-state index in [9.17, 15) is 4.79 Å². The summed E-state index contributed by atoms with van der Waals surface area (Å²) >= 11 is 6.30. The molecule has 0 unspecified atom stereocenters. The lowest BCUT2D eigenvalue weighted by Gasteiger charge is -2.21. The maximum Gasteiger partial charge on any atom is 0.266 e. The highest BCUT2D eigenvalue weighted by atomic mass is 35.5. The van der Waals surface area contributed by atoms with E-state index in [4.69, 9.17) is 21.3 Å². The normalized spacial score (nSPS) is 12.5. The number of rotatable bonds is 6. The van der Waals surface area contributed by atoms with Crippen LogP contribution in [-0.4, -0.2) is 29.8 Å². The van der Waals surface area contributed by atoms with Crippen LogP contribution in [0.1, 0.15) is 24.4 Å². The van der Waals surface area contributed by atoms with Crippen molar-refractivity contribution in [2.75, 3.05) is 20.3 Å². The van der Waals surface area contributed by atoms with Crippen molar-refractivity contribution in [2.24, 2.45) is 0 Å². The van der Waals surface area contributed by atoms with Gasteiger partial charge in [-0.15, -0.1) is 0 Å². The number of fused-ring (bicyclic) bond motifs is 1. The van der Waals surface area contributed by atoms with Gasteiger partial charge in [-0.1, -0.05) is 29.8 Å². The third-order valence-corrected chi connectivity index (χ3v) is 4.84. The second-order valence-corrected chi connectivity index (χ2v) is 6.59. The summed E-state index contributed by atoms with van der Waals surface area (Å²) in [7, 11) is 1.66. The van der Waals surface area contributed by atoms with E-state index in [-0.39, 0.29) is 11.6 Å². The van der Waals surface area contributed by atoms with E-state index in [0.717, 1.165) is 11.3 Å². The van der Waals surface area contributed by atoms with Gasteiger partial charge in [0.05, 0.1) is 29.2 Å². The Labute approximate surface area is 157 Å². The Balaban J connectivity index is 2.24. The van der Waals surface area contributed by atoms with Gasteiger partial charge in [0.2, 0.25) is 0 Å². The molecule has 0 aliphatic heterocycles. The average Bonchev–Trinajstić information content (AvgIpc) is 2.64. The fraction of sp³-hybridized carbons (Fsp3) is 0.300. The van der Waals surface area contributed by atoms with Crippen molar-refractivity contribution in [3.05, 3.63) is 69.2 Å². The Morgan fingerprint density at radius 3 is 2.77 bits per heavy atom. The first-order chi connectivity index (χ1) is 12.5. The smallest absolute Gasteiger partial charge is 0.266 e. The maximum atomic E-state index is 13.3. The molecule has 1 heterocycles. The molecule has 3 aromatic rings. The SMILES string of the molecule is COCCN[C@@H](C)c1nc2ccccc2c(=O)n1-c1cccc(Cl)c1C. The fourth-order valence-electron chi connectivity index (χ4n) is 2.98. The van der Waals surface area contributed by atoms with Crippen LogP contribution in [0.5, 0.6) is 0 Å². The molecule has 0 aliphatic carbocycles. The molecular weight excluding hydrogens is 350 g/mol. The van der Waals surface area contributed by atoms with Gasteiger partial charge in [-0.2, -0.15) is 0 Å². The summed E-state index contributed by atoms with van der Waals surface area (Å²) in [6.07, 6.45) is 0. The molecule has 5 nitrogen and oxygen atoms in total. The number of nitrogens with one attached hydrogen (secondary N) is 1. The average molecular weight is 372 g/mol. The lowest BCUT2D eigenvalue weighted by atomic mass is 10.1. The Hall–Kier alpha value is -2.21. The Bertz CT molecular complexity index is 984. The Kier molecular flexibility index (Phi) is 5.71. The van der Waals surface area contributed by atoms with E-state index >= 15 is 0 Å². The zero-order chi connectivity index (χ0) is 18.7. The third kappa shape index (κ3) is 3.51. The van der Waals surface area contributed by atoms with Crippen LogP contribution in [0.15, 0.2) is 47.3 Å². The minimum atomic E-state index is -0.138.